The normalized spacial score (nSPS) is 18.0. The lowest BCUT2D eigenvalue weighted by molar-refractivity contribution is 0.210. The lowest BCUT2D eigenvalue weighted by Gasteiger charge is -2.35. The van der Waals surface area contributed by atoms with Gasteiger partial charge < -0.3 is 4.74 Å². The van der Waals surface area contributed by atoms with Crippen LogP contribution in [0.15, 0.2) is 147 Å². The highest BCUT2D eigenvalue weighted by Crippen LogP contribution is 2.47. The quantitative estimate of drug-likeness (QED) is 0.133. The van der Waals surface area contributed by atoms with Crippen molar-refractivity contribution in [2.24, 2.45) is 0 Å². The van der Waals surface area contributed by atoms with Crippen molar-refractivity contribution >= 4 is 61.1 Å². The molecule has 0 saturated heterocycles. The molecule has 0 radical (unpaired) electrons. The van der Waals surface area contributed by atoms with E-state index >= 15 is 0 Å². The van der Waals surface area contributed by atoms with Crippen LogP contribution in [0, 0.1) is 0 Å². The van der Waals surface area contributed by atoms with E-state index in [0.29, 0.717) is 5.92 Å². The molecule has 1 aliphatic heterocycles. The zero-order chi connectivity index (χ0) is 37.6. The average Bonchev–Trinajstić information content (AvgIpc) is 3.51. The van der Waals surface area contributed by atoms with E-state index in [1.165, 1.54) is 49.4 Å². The topological polar surface area (TPSA) is 35.0 Å². The highest BCUT2D eigenvalue weighted by molar-refractivity contribution is 6.23. The maximum atomic E-state index is 6.91. The standard InChI is InChI=1S/C45H32N2O.2C2H6.C2H4/c1-2-15-31-32(16-3-1)36(40-27-46-44-38-20-10-8-17-33(38)34-18-9-11-21-39(34)45(44)47-40)24-23-35(31)37-19-7-5-13-29-26-42(37)48-41-25-22-28-12-4-6-14-30(28)43(29)41;3*1-2/h2-12,14-25,27,29,42H,1,13,26H2;2*1-2H3;1-2H2/b7-5-,37-19-;;;. The second kappa shape index (κ2) is 16.3. The summed E-state index contributed by atoms with van der Waals surface area (Å²) in [6.07, 6.45) is 20.7. The molecule has 2 atom stereocenters. The Morgan fingerprint density at radius 1 is 0.630 bits per heavy atom. The Hall–Kier alpha value is -6.06. The van der Waals surface area contributed by atoms with Crippen LogP contribution in [0.3, 0.4) is 0 Å². The average molecular weight is 705 g/mol. The first-order valence-electron chi connectivity index (χ1n) is 19.4. The van der Waals surface area contributed by atoms with Gasteiger partial charge in [-0.25, -0.2) is 4.98 Å². The van der Waals surface area contributed by atoms with E-state index in [2.05, 4.69) is 153 Å². The molecule has 3 aliphatic rings. The third-order valence-electron chi connectivity index (χ3n) is 10.4. The Bertz CT molecular complexity index is 2570. The van der Waals surface area contributed by atoms with Gasteiger partial charge in [-0.1, -0.05) is 161 Å². The minimum Gasteiger partial charge on any atom is -0.485 e. The molecule has 0 fully saturated rings. The molecule has 54 heavy (non-hydrogen) atoms. The van der Waals surface area contributed by atoms with Gasteiger partial charge in [0.25, 0.3) is 0 Å². The second-order valence-electron chi connectivity index (χ2n) is 13.1. The van der Waals surface area contributed by atoms with Crippen molar-refractivity contribution in [3.05, 3.63) is 169 Å². The molecule has 2 heterocycles. The lowest BCUT2D eigenvalue weighted by atomic mass is 9.79. The first-order valence-corrected chi connectivity index (χ1v) is 19.4. The number of ether oxygens (including phenoxy) is 1. The van der Waals surface area contributed by atoms with Crippen molar-refractivity contribution in [1.29, 1.82) is 0 Å². The van der Waals surface area contributed by atoms with Crippen LogP contribution in [0.1, 0.15) is 75.1 Å². The third-order valence-corrected chi connectivity index (χ3v) is 10.4. The highest BCUT2D eigenvalue weighted by atomic mass is 16.5. The fraction of sp³-hybridized carbons (Fsp3) is 0.176. The van der Waals surface area contributed by atoms with Crippen LogP contribution in [0.2, 0.25) is 0 Å². The Kier molecular flexibility index (Phi) is 11.0. The van der Waals surface area contributed by atoms with Gasteiger partial charge in [-0.05, 0) is 69.5 Å². The molecule has 268 valence electrons. The van der Waals surface area contributed by atoms with Crippen LogP contribution in [0.4, 0.5) is 0 Å². The van der Waals surface area contributed by atoms with Gasteiger partial charge in [-0.3, -0.25) is 4.98 Å². The van der Waals surface area contributed by atoms with Gasteiger partial charge in [-0.2, -0.15) is 0 Å². The van der Waals surface area contributed by atoms with Gasteiger partial charge in [0.1, 0.15) is 11.9 Å². The summed E-state index contributed by atoms with van der Waals surface area (Å²) in [7, 11) is 0. The van der Waals surface area contributed by atoms with Gasteiger partial charge in [-0.15, -0.1) is 13.2 Å². The first kappa shape index (κ1) is 36.3. The van der Waals surface area contributed by atoms with Gasteiger partial charge in [0.15, 0.2) is 0 Å². The number of hydrogen-bond acceptors (Lipinski definition) is 3. The molecule has 0 amide bonds. The predicted molar refractivity (Wildman–Crippen MR) is 234 cm³/mol. The van der Waals surface area contributed by atoms with E-state index < -0.39 is 0 Å². The van der Waals surface area contributed by atoms with Crippen LogP contribution in [-0.2, 0) is 0 Å². The van der Waals surface area contributed by atoms with E-state index in [1.54, 1.807) is 0 Å². The molecule has 2 aliphatic carbocycles. The molecule has 2 bridgehead atoms. The Balaban J connectivity index is 0.000000717. The number of fused-ring (bicyclic) bond motifs is 13. The van der Waals surface area contributed by atoms with E-state index in [4.69, 9.17) is 14.7 Å². The Morgan fingerprint density at radius 2 is 1.24 bits per heavy atom. The number of aromatic nitrogens is 2. The minimum atomic E-state index is -0.0377. The summed E-state index contributed by atoms with van der Waals surface area (Å²) in [5, 5.41) is 7.25. The summed E-state index contributed by atoms with van der Waals surface area (Å²) < 4.78 is 6.91. The molecule has 7 aromatic rings. The van der Waals surface area contributed by atoms with Crippen molar-refractivity contribution in [3.8, 4) is 17.0 Å². The van der Waals surface area contributed by atoms with E-state index in [-0.39, 0.29) is 6.10 Å². The Labute approximate surface area is 319 Å². The highest BCUT2D eigenvalue weighted by Gasteiger charge is 2.33. The van der Waals surface area contributed by atoms with Crippen LogP contribution in [0.5, 0.6) is 5.75 Å². The van der Waals surface area contributed by atoms with Gasteiger partial charge >= 0.3 is 0 Å². The van der Waals surface area contributed by atoms with Crippen LogP contribution in [0.25, 0.3) is 72.3 Å². The monoisotopic (exact) mass is 704 g/mol. The molecular formula is C51H48N2O. The summed E-state index contributed by atoms with van der Waals surface area (Å²) in [6.45, 7) is 14.0. The zero-order valence-corrected chi connectivity index (χ0v) is 31.8. The van der Waals surface area contributed by atoms with E-state index in [1.807, 2.05) is 33.9 Å². The molecule has 3 heteroatoms. The molecular weight excluding hydrogens is 657 g/mol. The minimum absolute atomic E-state index is 0.0377. The largest absolute Gasteiger partial charge is 0.485 e. The molecule has 1 aromatic heterocycles. The summed E-state index contributed by atoms with van der Waals surface area (Å²) in [6, 6.07) is 34.7. The Morgan fingerprint density at radius 3 is 1.96 bits per heavy atom. The first-order chi connectivity index (χ1) is 26.8. The van der Waals surface area contributed by atoms with E-state index in [9.17, 15) is 0 Å². The fourth-order valence-electron chi connectivity index (χ4n) is 8.24. The van der Waals surface area contributed by atoms with Crippen molar-refractivity contribution in [1.82, 2.24) is 9.97 Å². The number of nitrogens with zero attached hydrogens (tertiary/aromatic N) is 2. The van der Waals surface area contributed by atoms with Crippen LogP contribution < -0.4 is 4.74 Å². The van der Waals surface area contributed by atoms with Gasteiger partial charge in [0, 0.05) is 27.5 Å². The number of hydrogen-bond donors (Lipinski definition) is 0. The molecule has 10 rings (SSSR count). The molecule has 6 aromatic carbocycles. The predicted octanol–water partition coefficient (Wildman–Crippen LogP) is 14.3. The van der Waals surface area contributed by atoms with Gasteiger partial charge in [0.05, 0.1) is 22.9 Å². The summed E-state index contributed by atoms with van der Waals surface area (Å²) >= 11 is 0. The summed E-state index contributed by atoms with van der Waals surface area (Å²) in [4.78, 5) is 10.4. The molecule has 0 saturated carbocycles. The lowest BCUT2D eigenvalue weighted by Crippen LogP contribution is -2.28. The van der Waals surface area contributed by atoms with E-state index in [0.717, 1.165) is 58.1 Å². The molecule has 0 N–H and O–H groups in total. The third kappa shape index (κ3) is 6.34. The number of benzene rings is 6. The maximum absolute atomic E-state index is 6.91. The fourth-order valence-corrected chi connectivity index (χ4v) is 8.24. The van der Waals surface area contributed by atoms with Crippen molar-refractivity contribution in [2.45, 2.75) is 59.0 Å². The zero-order valence-electron chi connectivity index (χ0n) is 31.8. The smallest absolute Gasteiger partial charge is 0.125 e. The van der Waals surface area contributed by atoms with Crippen molar-refractivity contribution in [3.63, 3.8) is 0 Å². The second-order valence-corrected chi connectivity index (χ2v) is 13.1. The number of rotatable bonds is 2. The van der Waals surface area contributed by atoms with Crippen LogP contribution >= 0.6 is 0 Å². The molecule has 3 nitrogen and oxygen atoms in total. The summed E-state index contributed by atoms with van der Waals surface area (Å²) in [5.41, 5.74) is 10.0. The van der Waals surface area contributed by atoms with Crippen molar-refractivity contribution < 1.29 is 4.74 Å². The summed E-state index contributed by atoms with van der Waals surface area (Å²) in [5.74, 6) is 1.41. The maximum Gasteiger partial charge on any atom is 0.125 e. The van der Waals surface area contributed by atoms with Crippen LogP contribution in [-0.4, -0.2) is 16.1 Å². The van der Waals surface area contributed by atoms with Crippen molar-refractivity contribution in [2.75, 3.05) is 0 Å². The SMILES string of the molecule is C1=Cc2c(/C3=C/C=C\CC4CC3Oc3ccc5ccccc5c34)ccc(-c3cnc4c5ccccc5c5ccccc5c4n3)c2C=CC1.C=C.CC.CC. The number of allylic oxidation sites excluding steroid dienone is 5. The van der Waals surface area contributed by atoms with Gasteiger partial charge in [0.2, 0.25) is 0 Å². The molecule has 0 spiro atoms. The molecule has 2 unspecified atom stereocenters.